The Morgan fingerprint density at radius 1 is 1.38 bits per heavy atom. The van der Waals surface area contributed by atoms with Crippen molar-refractivity contribution in [3.63, 3.8) is 0 Å². The van der Waals surface area contributed by atoms with E-state index in [2.05, 4.69) is 44.7 Å². The fraction of sp³-hybridized carbons (Fsp3) is 0.941. The minimum absolute atomic E-state index is 0.417. The molecule has 0 aromatic rings. The molecule has 21 heavy (non-hydrogen) atoms. The summed E-state index contributed by atoms with van der Waals surface area (Å²) in [4.78, 5) is 12.9. The molecule has 4 heteroatoms. The van der Waals surface area contributed by atoms with Gasteiger partial charge in [-0.3, -0.25) is 9.10 Å². The number of amides is 1. The van der Waals surface area contributed by atoms with Gasteiger partial charge in [-0.2, -0.15) is 0 Å². The smallest absolute Gasteiger partial charge is 0.232 e. The van der Waals surface area contributed by atoms with Crippen LogP contribution in [0.15, 0.2) is 0 Å². The number of rotatable bonds is 3. The van der Waals surface area contributed by atoms with E-state index < -0.39 is 8.07 Å². The SMILES string of the molecule is C[C@H](CC(=O)N1SC[C@]23CCC(CC12)C3(C)C)[Si](C)(C)C. The van der Waals surface area contributed by atoms with Crippen molar-refractivity contribution in [1.29, 1.82) is 0 Å². The van der Waals surface area contributed by atoms with Gasteiger partial charge in [0.1, 0.15) is 0 Å². The number of hydrogen-bond acceptors (Lipinski definition) is 2. The summed E-state index contributed by atoms with van der Waals surface area (Å²) >= 11 is 1.85. The maximum absolute atomic E-state index is 12.9. The number of carbonyl (C=O) groups excluding carboxylic acids is 1. The molecule has 0 N–H and O–H groups in total. The summed E-state index contributed by atoms with van der Waals surface area (Å²) in [6, 6.07) is 0.526. The van der Waals surface area contributed by atoms with E-state index >= 15 is 0 Å². The van der Waals surface area contributed by atoms with Gasteiger partial charge in [0.25, 0.3) is 0 Å². The normalized spacial score (nSPS) is 38.7. The molecule has 3 aliphatic rings. The monoisotopic (exact) mass is 325 g/mol. The average molecular weight is 326 g/mol. The van der Waals surface area contributed by atoms with Crippen LogP contribution in [-0.4, -0.2) is 30.1 Å². The van der Waals surface area contributed by atoms with E-state index in [0.29, 0.717) is 28.3 Å². The summed E-state index contributed by atoms with van der Waals surface area (Å²) in [7, 11) is -1.21. The summed E-state index contributed by atoms with van der Waals surface area (Å²) in [6.07, 6.45) is 4.75. The first-order valence-electron chi connectivity index (χ1n) is 8.54. The van der Waals surface area contributed by atoms with Crippen molar-refractivity contribution in [2.75, 3.05) is 5.75 Å². The number of fused-ring (bicyclic) bond motifs is 1. The molecule has 1 heterocycles. The Labute approximate surface area is 135 Å². The summed E-state index contributed by atoms with van der Waals surface area (Å²) in [6.45, 7) is 14.3. The van der Waals surface area contributed by atoms with Crippen molar-refractivity contribution in [2.24, 2.45) is 16.7 Å². The molecule has 1 saturated heterocycles. The van der Waals surface area contributed by atoms with E-state index in [9.17, 15) is 4.79 Å². The standard InChI is InChI=1S/C17H31NOSSi/c1-12(21(4,5)6)9-15(19)18-14-10-13-7-8-17(14,11-20-18)16(13,2)3/h12-14H,7-11H2,1-6H3/t12-,13?,14?,17-/m1/s1. The van der Waals surface area contributed by atoms with Crippen LogP contribution in [0.2, 0.25) is 25.2 Å². The molecule has 0 radical (unpaired) electrons. The maximum Gasteiger partial charge on any atom is 0.232 e. The van der Waals surface area contributed by atoms with Crippen LogP contribution in [0.25, 0.3) is 0 Å². The Kier molecular flexibility index (Phi) is 3.61. The molecule has 120 valence electrons. The van der Waals surface area contributed by atoms with Gasteiger partial charge >= 0.3 is 0 Å². The second-order valence-corrected chi connectivity index (χ2v) is 16.0. The molecule has 1 spiro atoms. The highest BCUT2D eigenvalue weighted by atomic mass is 32.2. The summed E-state index contributed by atoms with van der Waals surface area (Å²) in [5.74, 6) is 2.43. The van der Waals surface area contributed by atoms with Crippen LogP contribution in [0.1, 0.15) is 46.5 Å². The van der Waals surface area contributed by atoms with Gasteiger partial charge in [-0.05, 0) is 48.1 Å². The number of nitrogens with zero attached hydrogens (tertiary/aromatic N) is 1. The summed E-state index contributed by atoms with van der Waals surface area (Å²) in [5, 5.41) is 0. The van der Waals surface area contributed by atoms with Gasteiger partial charge in [-0.25, -0.2) is 0 Å². The van der Waals surface area contributed by atoms with Gasteiger partial charge in [0, 0.05) is 25.7 Å². The molecule has 0 aromatic carbocycles. The highest BCUT2D eigenvalue weighted by Gasteiger charge is 2.68. The first-order chi connectivity index (χ1) is 9.59. The first kappa shape index (κ1) is 15.9. The topological polar surface area (TPSA) is 20.3 Å². The minimum atomic E-state index is -1.21. The lowest BCUT2D eigenvalue weighted by Gasteiger charge is -2.38. The third-order valence-electron chi connectivity index (χ3n) is 7.34. The highest BCUT2D eigenvalue weighted by molar-refractivity contribution is 7.97. The zero-order valence-corrected chi connectivity index (χ0v) is 16.3. The van der Waals surface area contributed by atoms with Crippen LogP contribution in [0.5, 0.6) is 0 Å². The van der Waals surface area contributed by atoms with Crippen molar-refractivity contribution in [3.8, 4) is 0 Å². The molecule has 3 fully saturated rings. The summed E-state index contributed by atoms with van der Waals surface area (Å²) < 4.78 is 2.22. The van der Waals surface area contributed by atoms with Gasteiger partial charge in [-0.15, -0.1) is 0 Å². The second kappa shape index (κ2) is 4.77. The van der Waals surface area contributed by atoms with Gasteiger partial charge in [0.2, 0.25) is 5.91 Å². The van der Waals surface area contributed by atoms with E-state index in [1.807, 2.05) is 11.9 Å². The van der Waals surface area contributed by atoms with Crippen LogP contribution in [-0.2, 0) is 4.79 Å². The van der Waals surface area contributed by atoms with E-state index in [-0.39, 0.29) is 0 Å². The molecule has 2 aliphatic carbocycles. The molecule has 2 bridgehead atoms. The van der Waals surface area contributed by atoms with E-state index in [4.69, 9.17) is 0 Å². The van der Waals surface area contributed by atoms with Gasteiger partial charge in [0.15, 0.2) is 0 Å². The Balaban J connectivity index is 1.74. The number of hydrogen-bond donors (Lipinski definition) is 0. The zero-order valence-electron chi connectivity index (χ0n) is 14.5. The highest BCUT2D eigenvalue weighted by Crippen LogP contribution is 2.71. The average Bonchev–Trinajstić information content (AvgIpc) is 2.93. The van der Waals surface area contributed by atoms with Gasteiger partial charge in [-0.1, -0.05) is 40.4 Å². The van der Waals surface area contributed by atoms with Crippen molar-refractivity contribution in [1.82, 2.24) is 4.31 Å². The lowest BCUT2D eigenvalue weighted by Crippen LogP contribution is -2.43. The Hall–Kier alpha value is 0.0369. The molecular formula is C17H31NOSSi. The Morgan fingerprint density at radius 2 is 2.05 bits per heavy atom. The number of carbonyl (C=O) groups is 1. The van der Waals surface area contributed by atoms with Crippen LogP contribution >= 0.6 is 11.9 Å². The van der Waals surface area contributed by atoms with E-state index in [1.165, 1.54) is 25.0 Å². The Morgan fingerprint density at radius 3 is 2.62 bits per heavy atom. The molecule has 2 unspecified atom stereocenters. The fourth-order valence-electron chi connectivity index (χ4n) is 4.88. The maximum atomic E-state index is 12.9. The molecule has 2 nitrogen and oxygen atoms in total. The van der Waals surface area contributed by atoms with Crippen LogP contribution in [0, 0.1) is 16.7 Å². The molecular weight excluding hydrogens is 294 g/mol. The summed E-state index contributed by atoms with van der Waals surface area (Å²) in [5.41, 5.74) is 1.43. The third-order valence-corrected chi connectivity index (χ3v) is 11.9. The quantitative estimate of drug-likeness (QED) is 0.549. The largest absolute Gasteiger partial charge is 0.283 e. The van der Waals surface area contributed by atoms with E-state index in [0.717, 1.165) is 12.3 Å². The van der Waals surface area contributed by atoms with Crippen molar-refractivity contribution < 1.29 is 4.79 Å². The van der Waals surface area contributed by atoms with Gasteiger partial charge < -0.3 is 0 Å². The molecule has 1 aliphatic heterocycles. The van der Waals surface area contributed by atoms with Gasteiger partial charge in [0.05, 0.1) is 6.04 Å². The molecule has 0 aromatic heterocycles. The van der Waals surface area contributed by atoms with Crippen LogP contribution < -0.4 is 0 Å². The van der Waals surface area contributed by atoms with Crippen molar-refractivity contribution >= 4 is 25.9 Å². The lowest BCUT2D eigenvalue weighted by molar-refractivity contribution is -0.128. The van der Waals surface area contributed by atoms with Crippen LogP contribution in [0.3, 0.4) is 0 Å². The fourth-order valence-corrected chi connectivity index (χ4v) is 7.43. The predicted octanol–water partition coefficient (Wildman–Crippen LogP) is 4.79. The molecule has 2 saturated carbocycles. The molecule has 1 amide bonds. The minimum Gasteiger partial charge on any atom is -0.283 e. The lowest BCUT2D eigenvalue weighted by atomic mass is 9.69. The van der Waals surface area contributed by atoms with Crippen molar-refractivity contribution in [3.05, 3.63) is 0 Å². The van der Waals surface area contributed by atoms with Crippen molar-refractivity contribution in [2.45, 2.75) is 77.7 Å². The van der Waals surface area contributed by atoms with Crippen LogP contribution in [0.4, 0.5) is 0 Å². The first-order valence-corrected chi connectivity index (χ1v) is 13.1. The Bertz CT molecular complexity index is 458. The van der Waals surface area contributed by atoms with E-state index in [1.54, 1.807) is 0 Å². The second-order valence-electron chi connectivity index (χ2n) is 9.33. The third kappa shape index (κ3) is 2.15. The predicted molar refractivity (Wildman–Crippen MR) is 94.0 cm³/mol. The molecule has 3 rings (SSSR count). The molecule has 4 atom stereocenters. The zero-order chi connectivity index (χ0) is 15.6.